The van der Waals surface area contributed by atoms with Gasteiger partial charge in [0, 0.05) is 7.11 Å². The summed E-state index contributed by atoms with van der Waals surface area (Å²) in [5.41, 5.74) is 1.19. The van der Waals surface area contributed by atoms with Crippen molar-refractivity contribution in [2.24, 2.45) is 0 Å². The fourth-order valence-electron chi connectivity index (χ4n) is 2.85. The quantitative estimate of drug-likeness (QED) is 0.617. The van der Waals surface area contributed by atoms with Gasteiger partial charge in [-0.1, -0.05) is 47.5 Å². The van der Waals surface area contributed by atoms with Crippen LogP contribution in [0.4, 0.5) is 0 Å². The molecule has 7 nitrogen and oxygen atoms in total. The molecule has 0 fully saturated rings. The third-order valence-electron chi connectivity index (χ3n) is 4.10. The molecule has 2 heterocycles. The number of hydrogen-bond acceptors (Lipinski definition) is 7. The zero-order chi connectivity index (χ0) is 19.7. The molecule has 1 aromatic heterocycles. The van der Waals surface area contributed by atoms with E-state index in [1.54, 1.807) is 12.1 Å². The lowest BCUT2D eigenvalue weighted by atomic mass is 10.1. The first-order chi connectivity index (χ1) is 13.6. The number of methoxy groups -OCH3 is 1. The van der Waals surface area contributed by atoms with Crippen LogP contribution in [0.3, 0.4) is 0 Å². The molecule has 0 spiro atoms. The van der Waals surface area contributed by atoms with Crippen molar-refractivity contribution >= 4 is 29.1 Å². The maximum absolute atomic E-state index is 12.8. The summed E-state index contributed by atoms with van der Waals surface area (Å²) in [5, 5.41) is 1.06. The second kappa shape index (κ2) is 7.34. The van der Waals surface area contributed by atoms with E-state index in [1.807, 2.05) is 30.3 Å². The molecule has 0 atom stereocenters. The van der Waals surface area contributed by atoms with E-state index in [1.165, 1.54) is 30.6 Å². The van der Waals surface area contributed by atoms with E-state index in [9.17, 15) is 14.4 Å². The number of carbonyl (C=O) groups excluding carboxylic acids is 3. The molecule has 28 heavy (non-hydrogen) atoms. The van der Waals surface area contributed by atoms with Gasteiger partial charge in [-0.3, -0.25) is 9.59 Å². The van der Waals surface area contributed by atoms with Gasteiger partial charge in [-0.25, -0.2) is 9.78 Å². The van der Waals surface area contributed by atoms with E-state index in [4.69, 9.17) is 9.57 Å². The summed E-state index contributed by atoms with van der Waals surface area (Å²) in [6.45, 7) is 0.227. The van der Waals surface area contributed by atoms with Gasteiger partial charge in [0.1, 0.15) is 5.01 Å². The van der Waals surface area contributed by atoms with Gasteiger partial charge in [0.15, 0.2) is 5.69 Å². The van der Waals surface area contributed by atoms with Crippen molar-refractivity contribution < 1.29 is 24.0 Å². The number of thiazole rings is 1. The minimum Gasteiger partial charge on any atom is -0.378 e. The van der Waals surface area contributed by atoms with E-state index >= 15 is 0 Å². The van der Waals surface area contributed by atoms with Crippen molar-refractivity contribution in [3.63, 3.8) is 0 Å². The monoisotopic (exact) mass is 394 g/mol. The minimum atomic E-state index is -0.882. The normalized spacial score (nSPS) is 13.0. The van der Waals surface area contributed by atoms with Crippen molar-refractivity contribution in [2.75, 3.05) is 7.11 Å². The van der Waals surface area contributed by atoms with Crippen LogP contribution >= 0.6 is 11.3 Å². The van der Waals surface area contributed by atoms with Gasteiger partial charge < -0.3 is 9.57 Å². The van der Waals surface area contributed by atoms with E-state index in [0.717, 1.165) is 5.56 Å². The van der Waals surface area contributed by atoms with Crippen LogP contribution in [0.2, 0.25) is 0 Å². The number of benzene rings is 2. The third-order valence-corrected chi connectivity index (χ3v) is 5.18. The average Bonchev–Trinajstić information content (AvgIpc) is 3.25. The predicted molar refractivity (Wildman–Crippen MR) is 101 cm³/mol. The second-order valence-electron chi connectivity index (χ2n) is 5.91. The molecule has 2 aromatic carbocycles. The van der Waals surface area contributed by atoms with Gasteiger partial charge in [-0.15, -0.1) is 11.3 Å². The van der Waals surface area contributed by atoms with E-state index in [0.29, 0.717) is 14.9 Å². The smallest absolute Gasteiger partial charge is 0.378 e. The lowest BCUT2D eigenvalue weighted by Crippen LogP contribution is -2.33. The van der Waals surface area contributed by atoms with Crippen molar-refractivity contribution in [3.05, 3.63) is 76.4 Å². The Bertz CT molecular complexity index is 1040. The van der Waals surface area contributed by atoms with Crippen molar-refractivity contribution in [1.29, 1.82) is 0 Å². The van der Waals surface area contributed by atoms with Gasteiger partial charge in [0.2, 0.25) is 0 Å². The van der Waals surface area contributed by atoms with Crippen molar-refractivity contribution in [1.82, 2.24) is 10.0 Å². The molecule has 2 amide bonds. The number of aromatic nitrogens is 1. The number of rotatable bonds is 5. The van der Waals surface area contributed by atoms with E-state index in [-0.39, 0.29) is 23.4 Å². The van der Waals surface area contributed by atoms with Crippen LogP contribution in [0.1, 0.15) is 36.2 Å². The molecular formula is C20H14N2O5S. The lowest BCUT2D eigenvalue weighted by molar-refractivity contribution is -0.0587. The molecule has 3 aromatic rings. The standard InChI is InChI=1S/C20H14N2O5S/c1-26-11-15-21-16(17(28-15)12-7-3-2-4-8-12)20(25)27-22-18(23)13-9-5-6-10-14(13)19(22)24/h2-10H,11H2,1H3. The van der Waals surface area contributed by atoms with Crippen LogP contribution in [0.5, 0.6) is 0 Å². The van der Waals surface area contributed by atoms with Gasteiger partial charge in [-0.05, 0) is 17.7 Å². The largest absolute Gasteiger partial charge is 0.383 e. The Morgan fingerprint density at radius 3 is 2.21 bits per heavy atom. The molecule has 0 radical (unpaired) electrons. The number of hydrogen-bond donors (Lipinski definition) is 0. The molecule has 1 aliphatic rings. The van der Waals surface area contributed by atoms with Gasteiger partial charge >= 0.3 is 5.97 Å². The van der Waals surface area contributed by atoms with Crippen LogP contribution in [-0.4, -0.2) is 34.9 Å². The summed E-state index contributed by atoms with van der Waals surface area (Å²) < 4.78 is 5.10. The second-order valence-corrected chi connectivity index (χ2v) is 7.00. The summed E-state index contributed by atoms with van der Waals surface area (Å²) in [4.78, 5) is 47.7. The van der Waals surface area contributed by atoms with Crippen LogP contribution in [0.15, 0.2) is 54.6 Å². The molecule has 0 saturated carbocycles. The first-order valence-electron chi connectivity index (χ1n) is 8.34. The highest BCUT2D eigenvalue weighted by Gasteiger charge is 2.39. The first-order valence-corrected chi connectivity index (χ1v) is 9.16. The Kier molecular flexibility index (Phi) is 4.72. The third kappa shape index (κ3) is 3.08. The molecule has 0 bridgehead atoms. The summed E-state index contributed by atoms with van der Waals surface area (Å²) in [7, 11) is 1.53. The highest BCUT2D eigenvalue weighted by Crippen LogP contribution is 2.32. The Morgan fingerprint density at radius 2 is 1.61 bits per heavy atom. The highest BCUT2D eigenvalue weighted by molar-refractivity contribution is 7.15. The Balaban J connectivity index is 1.66. The maximum atomic E-state index is 12.8. The molecule has 0 saturated heterocycles. The predicted octanol–water partition coefficient (Wildman–Crippen LogP) is 3.32. The van der Waals surface area contributed by atoms with Crippen molar-refractivity contribution in [3.8, 4) is 10.4 Å². The zero-order valence-corrected chi connectivity index (χ0v) is 15.6. The summed E-state index contributed by atoms with van der Waals surface area (Å²) in [6, 6.07) is 15.5. The topological polar surface area (TPSA) is 85.8 Å². The average molecular weight is 394 g/mol. The maximum Gasteiger partial charge on any atom is 0.383 e. The van der Waals surface area contributed by atoms with Crippen LogP contribution < -0.4 is 0 Å². The highest BCUT2D eigenvalue weighted by atomic mass is 32.1. The molecule has 4 rings (SSSR count). The fourth-order valence-corrected chi connectivity index (χ4v) is 3.88. The Labute approximate surface area is 164 Å². The first kappa shape index (κ1) is 18.0. The molecule has 1 aliphatic heterocycles. The van der Waals surface area contributed by atoms with Crippen LogP contribution in [-0.2, 0) is 16.2 Å². The fraction of sp³-hybridized carbons (Fsp3) is 0.100. The van der Waals surface area contributed by atoms with Crippen molar-refractivity contribution in [2.45, 2.75) is 6.61 Å². The Morgan fingerprint density at radius 1 is 1.00 bits per heavy atom. The summed E-state index contributed by atoms with van der Waals surface area (Å²) in [6.07, 6.45) is 0. The molecular weight excluding hydrogens is 380 g/mol. The summed E-state index contributed by atoms with van der Waals surface area (Å²) in [5.74, 6) is -2.24. The molecule has 140 valence electrons. The van der Waals surface area contributed by atoms with Crippen LogP contribution in [0.25, 0.3) is 10.4 Å². The molecule has 0 aliphatic carbocycles. The number of carbonyl (C=O) groups is 3. The Hall–Kier alpha value is -3.36. The number of imide groups is 1. The number of fused-ring (bicyclic) bond motifs is 1. The van der Waals surface area contributed by atoms with Gasteiger partial charge in [0.25, 0.3) is 11.8 Å². The number of ether oxygens (including phenoxy) is 1. The lowest BCUT2D eigenvalue weighted by Gasteiger charge is -2.12. The number of nitrogens with zero attached hydrogens (tertiary/aromatic N) is 2. The summed E-state index contributed by atoms with van der Waals surface area (Å²) >= 11 is 1.29. The van der Waals surface area contributed by atoms with Crippen LogP contribution in [0, 0.1) is 0 Å². The van der Waals surface area contributed by atoms with Gasteiger partial charge in [0.05, 0.1) is 22.6 Å². The molecule has 0 unspecified atom stereocenters. The van der Waals surface area contributed by atoms with Gasteiger partial charge in [-0.2, -0.15) is 0 Å². The zero-order valence-electron chi connectivity index (χ0n) is 14.7. The number of hydroxylamine groups is 2. The van der Waals surface area contributed by atoms with E-state index in [2.05, 4.69) is 4.98 Å². The number of amides is 2. The molecule has 8 heteroatoms. The van der Waals surface area contributed by atoms with E-state index < -0.39 is 17.8 Å². The minimum absolute atomic E-state index is 0.0276. The SMILES string of the molecule is COCc1nc(C(=O)ON2C(=O)c3ccccc3C2=O)c(-c2ccccc2)s1. The molecule has 0 N–H and O–H groups in total.